The second-order valence-electron chi connectivity index (χ2n) is 6.46. The number of nitrogens with one attached hydrogen (secondary N) is 1. The minimum atomic E-state index is -0.285. The van der Waals surface area contributed by atoms with Crippen LogP contribution in [-0.2, 0) is 6.42 Å². The number of benzene rings is 2. The van der Waals surface area contributed by atoms with Crippen LogP contribution in [-0.4, -0.2) is 22.9 Å². The molecule has 27 heavy (non-hydrogen) atoms. The summed E-state index contributed by atoms with van der Waals surface area (Å²) in [6, 6.07) is 13.8. The Morgan fingerprint density at radius 2 is 1.89 bits per heavy atom. The summed E-state index contributed by atoms with van der Waals surface area (Å²) >= 11 is 0. The van der Waals surface area contributed by atoms with Crippen LogP contribution in [0.5, 0.6) is 5.75 Å². The van der Waals surface area contributed by atoms with Crippen LogP contribution in [0, 0.1) is 5.82 Å². The third-order valence-electron chi connectivity index (χ3n) is 4.73. The highest BCUT2D eigenvalue weighted by Gasteiger charge is 2.28. The molecule has 1 heterocycles. The van der Waals surface area contributed by atoms with E-state index in [2.05, 4.69) is 15.3 Å². The number of carbonyl (C=O) groups excluding carboxylic acids is 1. The largest absolute Gasteiger partial charge is 0.495 e. The molecule has 2 aromatic carbocycles. The second kappa shape index (κ2) is 7.15. The molecule has 1 aliphatic rings. The second-order valence-corrected chi connectivity index (χ2v) is 6.46. The average Bonchev–Trinajstić information content (AvgIpc) is 2.68. The van der Waals surface area contributed by atoms with Crippen molar-refractivity contribution in [1.82, 2.24) is 9.97 Å². The number of ether oxygens (including phenoxy) is 1. The molecule has 0 spiro atoms. The van der Waals surface area contributed by atoms with Crippen LogP contribution >= 0.6 is 0 Å². The summed E-state index contributed by atoms with van der Waals surface area (Å²) in [6.07, 6.45) is 2.56. The zero-order valence-corrected chi connectivity index (χ0v) is 14.8. The predicted octanol–water partition coefficient (Wildman–Crippen LogP) is 4.28. The fourth-order valence-corrected chi connectivity index (χ4v) is 3.34. The molecule has 0 fully saturated rings. The maximum absolute atomic E-state index is 13.2. The van der Waals surface area contributed by atoms with E-state index in [1.807, 2.05) is 24.3 Å². The summed E-state index contributed by atoms with van der Waals surface area (Å²) in [5, 5.41) is 3.14. The molecule has 6 heteroatoms. The van der Waals surface area contributed by atoms with Gasteiger partial charge in [0.15, 0.2) is 5.78 Å². The molecule has 0 bridgehead atoms. The SMILES string of the molecule is COc1ccccc1Nc1ncc2c(n1)C[C@H](c1ccc(F)cc1)CC2=O. The molecule has 1 aliphatic carbocycles. The molecule has 136 valence electrons. The normalized spacial score (nSPS) is 15.9. The van der Waals surface area contributed by atoms with Crippen molar-refractivity contribution in [1.29, 1.82) is 0 Å². The van der Waals surface area contributed by atoms with E-state index in [1.54, 1.807) is 25.4 Å². The Morgan fingerprint density at radius 3 is 2.67 bits per heavy atom. The number of rotatable bonds is 4. The maximum Gasteiger partial charge on any atom is 0.227 e. The lowest BCUT2D eigenvalue weighted by Crippen LogP contribution is -2.21. The standard InChI is InChI=1S/C21H18FN3O2/c1-27-20-5-3-2-4-17(20)24-21-23-12-16-18(25-21)10-14(11-19(16)26)13-6-8-15(22)9-7-13/h2-9,12,14H,10-11H2,1H3,(H,23,24,25)/t14-/m0/s1. The number of methoxy groups -OCH3 is 1. The minimum absolute atomic E-state index is 0.00872. The number of ketones is 1. The topological polar surface area (TPSA) is 64.1 Å². The molecule has 0 amide bonds. The van der Waals surface area contributed by atoms with Crippen LogP contribution in [0.2, 0.25) is 0 Å². The first-order valence-electron chi connectivity index (χ1n) is 8.68. The monoisotopic (exact) mass is 363 g/mol. The first-order chi connectivity index (χ1) is 13.1. The van der Waals surface area contributed by atoms with Gasteiger partial charge in [-0.05, 0) is 42.2 Å². The van der Waals surface area contributed by atoms with Crippen LogP contribution in [0.1, 0.15) is 34.0 Å². The van der Waals surface area contributed by atoms with E-state index >= 15 is 0 Å². The van der Waals surface area contributed by atoms with E-state index in [0.29, 0.717) is 35.8 Å². The highest BCUT2D eigenvalue weighted by atomic mass is 19.1. The Bertz CT molecular complexity index is 989. The molecule has 0 unspecified atom stereocenters. The van der Waals surface area contributed by atoms with E-state index in [-0.39, 0.29) is 17.5 Å². The summed E-state index contributed by atoms with van der Waals surface area (Å²) in [5.74, 6) is 0.797. The van der Waals surface area contributed by atoms with Crippen LogP contribution < -0.4 is 10.1 Å². The summed E-state index contributed by atoms with van der Waals surface area (Å²) in [4.78, 5) is 21.3. The number of halogens is 1. The van der Waals surface area contributed by atoms with Gasteiger partial charge in [0, 0.05) is 12.6 Å². The lowest BCUT2D eigenvalue weighted by atomic mass is 9.82. The van der Waals surface area contributed by atoms with Gasteiger partial charge in [-0.25, -0.2) is 14.4 Å². The van der Waals surface area contributed by atoms with Gasteiger partial charge in [-0.2, -0.15) is 0 Å². The van der Waals surface area contributed by atoms with Crippen molar-refractivity contribution in [3.63, 3.8) is 0 Å². The Kier molecular flexibility index (Phi) is 4.54. The van der Waals surface area contributed by atoms with Crippen molar-refractivity contribution in [3.8, 4) is 5.75 Å². The molecule has 1 atom stereocenters. The smallest absolute Gasteiger partial charge is 0.227 e. The van der Waals surface area contributed by atoms with Crippen molar-refractivity contribution in [2.75, 3.05) is 12.4 Å². The fourth-order valence-electron chi connectivity index (χ4n) is 3.34. The van der Waals surface area contributed by atoms with E-state index in [1.165, 1.54) is 12.1 Å². The van der Waals surface area contributed by atoms with Crippen molar-refractivity contribution in [2.24, 2.45) is 0 Å². The number of nitrogens with zero attached hydrogens (tertiary/aromatic N) is 2. The lowest BCUT2D eigenvalue weighted by molar-refractivity contribution is 0.0962. The first kappa shape index (κ1) is 17.1. The number of Topliss-reactive ketones (excluding diaryl/α,β-unsaturated/α-hetero) is 1. The van der Waals surface area contributed by atoms with Gasteiger partial charge in [-0.15, -0.1) is 0 Å². The highest BCUT2D eigenvalue weighted by molar-refractivity contribution is 5.98. The number of hydrogen-bond donors (Lipinski definition) is 1. The van der Waals surface area contributed by atoms with Crippen LogP contribution in [0.25, 0.3) is 0 Å². The summed E-state index contributed by atoms with van der Waals surface area (Å²) < 4.78 is 18.5. The molecular formula is C21H18FN3O2. The number of carbonyl (C=O) groups is 1. The van der Waals surface area contributed by atoms with Gasteiger partial charge in [-0.1, -0.05) is 24.3 Å². The molecule has 3 aromatic rings. The Labute approximate surface area is 156 Å². The highest BCUT2D eigenvalue weighted by Crippen LogP contribution is 2.33. The van der Waals surface area contributed by atoms with Gasteiger partial charge in [0.2, 0.25) is 5.95 Å². The van der Waals surface area contributed by atoms with Gasteiger partial charge in [0.1, 0.15) is 11.6 Å². The predicted molar refractivity (Wildman–Crippen MR) is 100 cm³/mol. The number of aromatic nitrogens is 2. The van der Waals surface area contributed by atoms with Crippen molar-refractivity contribution < 1.29 is 13.9 Å². The zero-order valence-electron chi connectivity index (χ0n) is 14.8. The number of para-hydroxylation sites is 2. The van der Waals surface area contributed by atoms with Gasteiger partial charge in [-0.3, -0.25) is 4.79 Å². The van der Waals surface area contributed by atoms with Crippen LogP contribution in [0.15, 0.2) is 54.7 Å². The Balaban J connectivity index is 1.62. The zero-order chi connectivity index (χ0) is 18.8. The fraction of sp³-hybridized carbons (Fsp3) is 0.190. The van der Waals surface area contributed by atoms with Crippen molar-refractivity contribution in [3.05, 3.63) is 77.4 Å². The van der Waals surface area contributed by atoms with Crippen molar-refractivity contribution in [2.45, 2.75) is 18.8 Å². The quantitative estimate of drug-likeness (QED) is 0.749. The summed E-state index contributed by atoms with van der Waals surface area (Å²) in [6.45, 7) is 0. The van der Waals surface area contributed by atoms with E-state index in [9.17, 15) is 9.18 Å². The van der Waals surface area contributed by atoms with Crippen LogP contribution in [0.3, 0.4) is 0 Å². The van der Waals surface area contributed by atoms with Gasteiger partial charge >= 0.3 is 0 Å². The molecule has 0 radical (unpaired) electrons. The third-order valence-corrected chi connectivity index (χ3v) is 4.73. The molecule has 0 saturated carbocycles. The average molecular weight is 363 g/mol. The Morgan fingerprint density at radius 1 is 1.11 bits per heavy atom. The molecule has 1 N–H and O–H groups in total. The minimum Gasteiger partial charge on any atom is -0.495 e. The molecule has 1 aromatic heterocycles. The van der Waals surface area contributed by atoms with E-state index in [4.69, 9.17) is 4.74 Å². The molecule has 5 nitrogen and oxygen atoms in total. The molecule has 4 rings (SSSR count). The van der Waals surface area contributed by atoms with Gasteiger partial charge < -0.3 is 10.1 Å². The number of hydrogen-bond acceptors (Lipinski definition) is 5. The summed E-state index contributed by atoms with van der Waals surface area (Å²) in [7, 11) is 1.60. The van der Waals surface area contributed by atoms with E-state index in [0.717, 1.165) is 11.3 Å². The van der Waals surface area contributed by atoms with Crippen molar-refractivity contribution >= 4 is 17.4 Å². The van der Waals surface area contributed by atoms with Gasteiger partial charge in [0.25, 0.3) is 0 Å². The number of anilines is 2. The van der Waals surface area contributed by atoms with E-state index < -0.39 is 0 Å². The Hall–Kier alpha value is -3.28. The molecular weight excluding hydrogens is 345 g/mol. The third kappa shape index (κ3) is 3.51. The maximum atomic E-state index is 13.2. The molecule has 0 aliphatic heterocycles. The molecule has 0 saturated heterocycles. The van der Waals surface area contributed by atoms with Crippen LogP contribution in [0.4, 0.5) is 16.0 Å². The lowest BCUT2D eigenvalue weighted by Gasteiger charge is -2.23. The van der Waals surface area contributed by atoms with Gasteiger partial charge in [0.05, 0.1) is 24.1 Å². The number of fused-ring (bicyclic) bond motifs is 1. The first-order valence-corrected chi connectivity index (χ1v) is 8.68. The summed E-state index contributed by atoms with van der Waals surface area (Å²) in [5.41, 5.74) is 2.94.